The number of fused-ring (bicyclic) bond motifs is 2. The molecular formula is C20H19N3O2. The Morgan fingerprint density at radius 3 is 2.64 bits per heavy atom. The molecule has 0 atom stereocenters. The van der Waals surface area contributed by atoms with E-state index in [2.05, 4.69) is 4.98 Å². The Balaban J connectivity index is 1.76. The SMILES string of the molecule is Cc1ccccc1C(=O)N1CCc2nc3c(C)cccn3c(=O)c2C1. The second kappa shape index (κ2) is 5.84. The number of amides is 1. The first kappa shape index (κ1) is 15.6. The maximum Gasteiger partial charge on any atom is 0.263 e. The molecule has 0 fully saturated rings. The molecule has 5 nitrogen and oxygen atoms in total. The van der Waals surface area contributed by atoms with Gasteiger partial charge >= 0.3 is 0 Å². The van der Waals surface area contributed by atoms with Crippen LogP contribution in [0, 0.1) is 13.8 Å². The van der Waals surface area contributed by atoms with Crippen molar-refractivity contribution in [2.24, 2.45) is 0 Å². The first-order valence-electron chi connectivity index (χ1n) is 8.41. The standard InChI is InChI=1S/C20H19N3O2/c1-13-6-3-4-8-15(13)19(24)22-11-9-17-16(12-22)20(25)23-10-5-7-14(2)18(23)21-17/h3-8,10H,9,11-12H2,1-2H3. The summed E-state index contributed by atoms with van der Waals surface area (Å²) in [7, 11) is 0. The second-order valence-corrected chi connectivity index (χ2v) is 6.52. The lowest BCUT2D eigenvalue weighted by molar-refractivity contribution is 0.0732. The minimum Gasteiger partial charge on any atom is -0.334 e. The minimum atomic E-state index is -0.0778. The largest absolute Gasteiger partial charge is 0.334 e. The maximum atomic E-state index is 12.9. The van der Waals surface area contributed by atoms with Gasteiger partial charge in [-0.05, 0) is 37.1 Å². The Morgan fingerprint density at radius 1 is 1.08 bits per heavy atom. The van der Waals surface area contributed by atoms with Crippen LogP contribution < -0.4 is 5.56 Å². The highest BCUT2D eigenvalue weighted by molar-refractivity contribution is 5.95. The molecule has 1 aliphatic heterocycles. The zero-order chi connectivity index (χ0) is 17.6. The van der Waals surface area contributed by atoms with Crippen molar-refractivity contribution in [1.82, 2.24) is 14.3 Å². The van der Waals surface area contributed by atoms with E-state index in [-0.39, 0.29) is 11.5 Å². The normalized spacial score (nSPS) is 13.8. The monoisotopic (exact) mass is 333 g/mol. The van der Waals surface area contributed by atoms with Crippen molar-refractivity contribution in [3.8, 4) is 0 Å². The van der Waals surface area contributed by atoms with Gasteiger partial charge in [0.15, 0.2) is 0 Å². The number of carbonyl (C=O) groups is 1. The van der Waals surface area contributed by atoms with Crippen molar-refractivity contribution in [3.05, 3.63) is 80.9 Å². The molecule has 0 saturated heterocycles. The number of hydrogen-bond donors (Lipinski definition) is 0. The molecule has 0 N–H and O–H groups in total. The van der Waals surface area contributed by atoms with E-state index < -0.39 is 0 Å². The molecular weight excluding hydrogens is 314 g/mol. The Labute approximate surface area is 145 Å². The third kappa shape index (κ3) is 2.52. The molecule has 2 aromatic heterocycles. The van der Waals surface area contributed by atoms with E-state index in [0.29, 0.717) is 36.3 Å². The van der Waals surface area contributed by atoms with Gasteiger partial charge in [-0.3, -0.25) is 14.0 Å². The summed E-state index contributed by atoms with van der Waals surface area (Å²) in [6.45, 7) is 4.77. The van der Waals surface area contributed by atoms with Crippen LogP contribution in [-0.4, -0.2) is 26.7 Å². The van der Waals surface area contributed by atoms with Crippen LogP contribution in [0.3, 0.4) is 0 Å². The van der Waals surface area contributed by atoms with Gasteiger partial charge in [0.2, 0.25) is 0 Å². The summed E-state index contributed by atoms with van der Waals surface area (Å²) in [6, 6.07) is 11.3. The van der Waals surface area contributed by atoms with Gasteiger partial charge in [-0.15, -0.1) is 0 Å². The van der Waals surface area contributed by atoms with Crippen molar-refractivity contribution in [3.63, 3.8) is 0 Å². The fourth-order valence-corrected chi connectivity index (χ4v) is 3.41. The van der Waals surface area contributed by atoms with Crippen LogP contribution in [0.1, 0.15) is 32.7 Å². The number of aryl methyl sites for hydroxylation is 2. The molecule has 25 heavy (non-hydrogen) atoms. The molecule has 5 heteroatoms. The molecule has 1 amide bonds. The number of carbonyl (C=O) groups excluding carboxylic acids is 1. The van der Waals surface area contributed by atoms with Crippen LogP contribution in [-0.2, 0) is 13.0 Å². The molecule has 4 rings (SSSR count). The van der Waals surface area contributed by atoms with Crippen molar-refractivity contribution in [2.45, 2.75) is 26.8 Å². The third-order valence-corrected chi connectivity index (χ3v) is 4.86. The van der Waals surface area contributed by atoms with Crippen molar-refractivity contribution >= 4 is 11.6 Å². The van der Waals surface area contributed by atoms with Gasteiger partial charge in [0, 0.05) is 24.7 Å². The van der Waals surface area contributed by atoms with Crippen LogP contribution in [0.15, 0.2) is 47.4 Å². The lowest BCUT2D eigenvalue weighted by Crippen LogP contribution is -2.40. The summed E-state index contributed by atoms with van der Waals surface area (Å²) in [4.78, 5) is 32.2. The van der Waals surface area contributed by atoms with Crippen LogP contribution in [0.25, 0.3) is 5.65 Å². The summed E-state index contributed by atoms with van der Waals surface area (Å²) in [5, 5.41) is 0. The molecule has 0 unspecified atom stereocenters. The molecule has 1 aliphatic rings. The molecule has 0 saturated carbocycles. The zero-order valence-electron chi connectivity index (χ0n) is 14.3. The van der Waals surface area contributed by atoms with Crippen molar-refractivity contribution < 1.29 is 4.79 Å². The van der Waals surface area contributed by atoms with Gasteiger partial charge in [0.25, 0.3) is 11.5 Å². The molecule has 126 valence electrons. The van der Waals surface area contributed by atoms with Gasteiger partial charge in [-0.2, -0.15) is 0 Å². The number of pyridine rings is 1. The Hall–Kier alpha value is -2.95. The highest BCUT2D eigenvalue weighted by atomic mass is 16.2. The average Bonchev–Trinajstić information content (AvgIpc) is 2.62. The van der Waals surface area contributed by atoms with Crippen LogP contribution in [0.5, 0.6) is 0 Å². The Kier molecular flexibility index (Phi) is 3.64. The van der Waals surface area contributed by atoms with Gasteiger partial charge < -0.3 is 4.90 Å². The highest BCUT2D eigenvalue weighted by Crippen LogP contribution is 2.19. The van der Waals surface area contributed by atoms with E-state index in [4.69, 9.17) is 0 Å². The van der Waals surface area contributed by atoms with E-state index >= 15 is 0 Å². The third-order valence-electron chi connectivity index (χ3n) is 4.86. The number of hydrogen-bond acceptors (Lipinski definition) is 3. The van der Waals surface area contributed by atoms with Gasteiger partial charge in [0.05, 0.1) is 17.8 Å². The smallest absolute Gasteiger partial charge is 0.263 e. The van der Waals surface area contributed by atoms with Gasteiger partial charge in [-0.1, -0.05) is 24.3 Å². The summed E-state index contributed by atoms with van der Waals surface area (Å²) in [6.07, 6.45) is 2.34. The number of benzene rings is 1. The zero-order valence-corrected chi connectivity index (χ0v) is 14.3. The van der Waals surface area contributed by atoms with E-state index in [1.165, 1.54) is 0 Å². The molecule has 3 heterocycles. The predicted octanol–water partition coefficient (Wildman–Crippen LogP) is 2.51. The summed E-state index contributed by atoms with van der Waals surface area (Å²) in [5.74, 6) is -0.0301. The molecule has 0 aliphatic carbocycles. The fourth-order valence-electron chi connectivity index (χ4n) is 3.41. The van der Waals surface area contributed by atoms with Crippen LogP contribution in [0.4, 0.5) is 0 Å². The quantitative estimate of drug-likeness (QED) is 0.687. The van der Waals surface area contributed by atoms with E-state index in [9.17, 15) is 9.59 Å². The maximum absolute atomic E-state index is 12.9. The molecule has 1 aromatic carbocycles. The number of aromatic nitrogens is 2. The van der Waals surface area contributed by atoms with Gasteiger partial charge in [-0.25, -0.2) is 4.98 Å². The Morgan fingerprint density at radius 2 is 1.84 bits per heavy atom. The van der Waals surface area contributed by atoms with Crippen LogP contribution >= 0.6 is 0 Å². The summed E-state index contributed by atoms with van der Waals surface area (Å²) in [5.41, 5.74) is 4.67. The first-order valence-corrected chi connectivity index (χ1v) is 8.41. The summed E-state index contributed by atoms with van der Waals surface area (Å²) >= 11 is 0. The molecule has 0 bridgehead atoms. The molecule has 0 spiro atoms. The lowest BCUT2D eigenvalue weighted by Gasteiger charge is -2.28. The number of rotatable bonds is 1. The van der Waals surface area contributed by atoms with Crippen molar-refractivity contribution in [2.75, 3.05) is 6.54 Å². The first-order chi connectivity index (χ1) is 12.1. The molecule has 0 radical (unpaired) electrons. The van der Waals surface area contributed by atoms with E-state index in [1.54, 1.807) is 15.5 Å². The predicted molar refractivity (Wildman–Crippen MR) is 95.8 cm³/mol. The second-order valence-electron chi connectivity index (χ2n) is 6.52. The lowest BCUT2D eigenvalue weighted by atomic mass is 10.0. The summed E-state index contributed by atoms with van der Waals surface area (Å²) < 4.78 is 1.58. The molecule has 3 aromatic rings. The van der Waals surface area contributed by atoms with Crippen LogP contribution in [0.2, 0.25) is 0 Å². The number of nitrogens with zero attached hydrogens (tertiary/aromatic N) is 3. The minimum absolute atomic E-state index is 0.0301. The van der Waals surface area contributed by atoms with Crippen molar-refractivity contribution in [1.29, 1.82) is 0 Å². The highest BCUT2D eigenvalue weighted by Gasteiger charge is 2.26. The topological polar surface area (TPSA) is 54.7 Å². The van der Waals surface area contributed by atoms with E-state index in [1.807, 2.05) is 50.2 Å². The average molecular weight is 333 g/mol. The van der Waals surface area contributed by atoms with E-state index in [0.717, 1.165) is 16.8 Å². The van der Waals surface area contributed by atoms with Gasteiger partial charge in [0.1, 0.15) is 5.65 Å². The fraction of sp³-hybridized carbons (Fsp3) is 0.250. The Bertz CT molecular complexity index is 1050.